The summed E-state index contributed by atoms with van der Waals surface area (Å²) in [6, 6.07) is 20.0. The van der Waals surface area contributed by atoms with Crippen LogP contribution >= 0.6 is 27.7 Å². The number of nitrogens with one attached hydrogen (secondary N) is 1. The molecule has 4 nitrogen and oxygen atoms in total. The molecule has 0 saturated carbocycles. The summed E-state index contributed by atoms with van der Waals surface area (Å²) in [7, 11) is 0. The predicted octanol–water partition coefficient (Wildman–Crippen LogP) is 5.75. The van der Waals surface area contributed by atoms with E-state index in [0.717, 1.165) is 32.8 Å². The maximum atomic E-state index is 12.4. The van der Waals surface area contributed by atoms with Crippen molar-refractivity contribution in [2.24, 2.45) is 4.99 Å². The highest BCUT2D eigenvalue weighted by molar-refractivity contribution is 9.10. The topological polar surface area (TPSA) is 46.4 Å². The van der Waals surface area contributed by atoms with Crippen molar-refractivity contribution in [3.8, 4) is 5.69 Å². The zero-order valence-corrected chi connectivity index (χ0v) is 17.8. The van der Waals surface area contributed by atoms with Gasteiger partial charge in [-0.05, 0) is 73.6 Å². The molecule has 1 saturated heterocycles. The lowest BCUT2D eigenvalue weighted by atomic mass is 10.2. The van der Waals surface area contributed by atoms with E-state index in [4.69, 9.17) is 0 Å². The zero-order valence-electron chi connectivity index (χ0n) is 15.4. The fourth-order valence-electron chi connectivity index (χ4n) is 3.19. The van der Waals surface area contributed by atoms with E-state index >= 15 is 0 Å². The summed E-state index contributed by atoms with van der Waals surface area (Å²) in [5.74, 6) is -0.122. The number of para-hydroxylation sites is 1. The standard InChI is InChI=1S/C22H18BrN3OS/c1-14-11-16(15(2)26(14)19-9-4-3-5-10-19)12-20-21(27)25-22(28-20)24-18-8-6-7-17(23)13-18/h3-13H,1-2H3,(H,24,25,27)/b20-12+. The van der Waals surface area contributed by atoms with Gasteiger partial charge in [0, 0.05) is 21.5 Å². The van der Waals surface area contributed by atoms with E-state index in [0.29, 0.717) is 10.1 Å². The van der Waals surface area contributed by atoms with Crippen LogP contribution in [0, 0.1) is 13.8 Å². The SMILES string of the molecule is Cc1cc(/C=C2/SC(=Nc3cccc(Br)c3)NC2=O)c(C)n1-c1ccccc1. The van der Waals surface area contributed by atoms with E-state index in [1.165, 1.54) is 11.8 Å². The Morgan fingerprint density at radius 2 is 1.86 bits per heavy atom. The molecule has 0 aliphatic carbocycles. The van der Waals surface area contributed by atoms with Crippen LogP contribution in [0.4, 0.5) is 5.69 Å². The highest BCUT2D eigenvalue weighted by Crippen LogP contribution is 2.31. The molecular formula is C22H18BrN3OS. The van der Waals surface area contributed by atoms with Gasteiger partial charge in [0.05, 0.1) is 10.6 Å². The number of amides is 1. The number of hydrogen-bond donors (Lipinski definition) is 1. The number of aryl methyl sites for hydroxylation is 1. The van der Waals surface area contributed by atoms with Gasteiger partial charge in [-0.25, -0.2) is 4.99 Å². The quantitative estimate of drug-likeness (QED) is 0.515. The van der Waals surface area contributed by atoms with Crippen molar-refractivity contribution < 1.29 is 4.79 Å². The second-order valence-electron chi connectivity index (χ2n) is 6.46. The van der Waals surface area contributed by atoms with Gasteiger partial charge in [0.2, 0.25) is 0 Å². The summed E-state index contributed by atoms with van der Waals surface area (Å²) in [6.45, 7) is 4.14. The fourth-order valence-corrected chi connectivity index (χ4v) is 4.41. The molecule has 0 spiro atoms. The van der Waals surface area contributed by atoms with Crippen molar-refractivity contribution in [1.29, 1.82) is 0 Å². The van der Waals surface area contributed by atoms with Gasteiger partial charge >= 0.3 is 0 Å². The van der Waals surface area contributed by atoms with E-state index in [1.54, 1.807) is 0 Å². The van der Waals surface area contributed by atoms with Crippen molar-refractivity contribution in [3.05, 3.63) is 87.0 Å². The molecule has 0 bridgehead atoms. The van der Waals surface area contributed by atoms with E-state index in [9.17, 15) is 4.79 Å². The Labute approximate surface area is 176 Å². The van der Waals surface area contributed by atoms with Crippen LogP contribution in [0.1, 0.15) is 17.0 Å². The number of thioether (sulfide) groups is 1. The number of benzene rings is 2. The average Bonchev–Trinajstić information content (AvgIpc) is 3.14. The Morgan fingerprint density at radius 3 is 2.61 bits per heavy atom. The van der Waals surface area contributed by atoms with Crippen LogP contribution in [0.3, 0.4) is 0 Å². The van der Waals surface area contributed by atoms with Gasteiger partial charge in [0.25, 0.3) is 5.91 Å². The van der Waals surface area contributed by atoms with Crippen molar-refractivity contribution >= 4 is 50.5 Å². The molecule has 1 fully saturated rings. The number of carbonyl (C=O) groups excluding carboxylic acids is 1. The van der Waals surface area contributed by atoms with Gasteiger partial charge in [0.1, 0.15) is 0 Å². The van der Waals surface area contributed by atoms with Crippen LogP contribution in [-0.2, 0) is 4.79 Å². The van der Waals surface area contributed by atoms with Crippen LogP contribution < -0.4 is 5.32 Å². The molecule has 1 amide bonds. The normalized spacial score (nSPS) is 16.8. The number of aromatic nitrogens is 1. The smallest absolute Gasteiger partial charge is 0.264 e. The predicted molar refractivity (Wildman–Crippen MR) is 120 cm³/mol. The minimum absolute atomic E-state index is 0.122. The van der Waals surface area contributed by atoms with Crippen LogP contribution in [0.25, 0.3) is 11.8 Å². The number of hydrogen-bond acceptors (Lipinski definition) is 3. The fraction of sp³-hybridized carbons (Fsp3) is 0.0909. The molecule has 0 radical (unpaired) electrons. The lowest BCUT2D eigenvalue weighted by Crippen LogP contribution is -2.19. The minimum Gasteiger partial charge on any atom is -0.318 e. The Balaban J connectivity index is 1.64. The number of amidine groups is 1. The van der Waals surface area contributed by atoms with E-state index in [2.05, 4.69) is 62.9 Å². The largest absolute Gasteiger partial charge is 0.318 e. The molecule has 2 heterocycles. The third-order valence-electron chi connectivity index (χ3n) is 4.46. The lowest BCUT2D eigenvalue weighted by molar-refractivity contribution is -0.115. The number of carbonyl (C=O) groups is 1. The maximum Gasteiger partial charge on any atom is 0.264 e. The first-order valence-corrected chi connectivity index (χ1v) is 10.4. The monoisotopic (exact) mass is 451 g/mol. The first-order chi connectivity index (χ1) is 13.5. The average molecular weight is 452 g/mol. The molecule has 4 rings (SSSR count). The van der Waals surface area contributed by atoms with Crippen LogP contribution in [0.2, 0.25) is 0 Å². The van der Waals surface area contributed by atoms with E-state index in [-0.39, 0.29) is 5.91 Å². The molecule has 140 valence electrons. The molecular weight excluding hydrogens is 434 g/mol. The van der Waals surface area contributed by atoms with Gasteiger partial charge in [-0.15, -0.1) is 0 Å². The molecule has 0 atom stereocenters. The van der Waals surface area contributed by atoms with Crippen molar-refractivity contribution in [3.63, 3.8) is 0 Å². The molecule has 1 N–H and O–H groups in total. The summed E-state index contributed by atoms with van der Waals surface area (Å²) in [4.78, 5) is 17.6. The number of rotatable bonds is 3. The first kappa shape index (κ1) is 18.8. The summed E-state index contributed by atoms with van der Waals surface area (Å²) in [5.41, 5.74) is 5.16. The van der Waals surface area contributed by atoms with E-state index in [1.807, 2.05) is 48.5 Å². The Hall–Kier alpha value is -2.57. The lowest BCUT2D eigenvalue weighted by Gasteiger charge is -2.09. The van der Waals surface area contributed by atoms with Gasteiger partial charge in [0.15, 0.2) is 5.17 Å². The number of nitrogens with zero attached hydrogens (tertiary/aromatic N) is 2. The molecule has 1 aromatic heterocycles. The Morgan fingerprint density at radius 1 is 1.07 bits per heavy atom. The highest BCUT2D eigenvalue weighted by Gasteiger charge is 2.24. The van der Waals surface area contributed by atoms with Crippen molar-refractivity contribution in [2.75, 3.05) is 0 Å². The maximum absolute atomic E-state index is 12.4. The zero-order chi connectivity index (χ0) is 19.7. The van der Waals surface area contributed by atoms with Crippen LogP contribution in [0.15, 0.2) is 75.0 Å². The van der Waals surface area contributed by atoms with Crippen LogP contribution in [0.5, 0.6) is 0 Å². The molecule has 28 heavy (non-hydrogen) atoms. The van der Waals surface area contributed by atoms with Gasteiger partial charge in [-0.1, -0.05) is 40.2 Å². The molecule has 0 unspecified atom stereocenters. The second kappa shape index (κ2) is 7.81. The first-order valence-electron chi connectivity index (χ1n) is 8.81. The summed E-state index contributed by atoms with van der Waals surface area (Å²) >= 11 is 4.80. The van der Waals surface area contributed by atoms with Crippen molar-refractivity contribution in [1.82, 2.24) is 9.88 Å². The second-order valence-corrected chi connectivity index (χ2v) is 8.41. The van der Waals surface area contributed by atoms with Gasteiger partial charge in [-0.3, -0.25) is 4.79 Å². The number of halogens is 1. The van der Waals surface area contributed by atoms with Crippen molar-refractivity contribution in [2.45, 2.75) is 13.8 Å². The number of aliphatic imine (C=N–C) groups is 1. The molecule has 6 heteroatoms. The molecule has 3 aromatic rings. The van der Waals surface area contributed by atoms with E-state index < -0.39 is 0 Å². The van der Waals surface area contributed by atoms with Gasteiger partial charge < -0.3 is 9.88 Å². The molecule has 1 aliphatic heterocycles. The third-order valence-corrected chi connectivity index (χ3v) is 5.86. The molecule has 2 aromatic carbocycles. The summed E-state index contributed by atoms with van der Waals surface area (Å²) in [6.07, 6.45) is 1.94. The Bertz CT molecular complexity index is 1120. The highest BCUT2D eigenvalue weighted by atomic mass is 79.9. The molecule has 1 aliphatic rings. The third kappa shape index (κ3) is 3.84. The van der Waals surface area contributed by atoms with Crippen LogP contribution in [-0.4, -0.2) is 15.6 Å². The minimum atomic E-state index is -0.122. The van der Waals surface area contributed by atoms with Gasteiger partial charge in [-0.2, -0.15) is 0 Å². The Kier molecular flexibility index (Phi) is 5.24. The summed E-state index contributed by atoms with van der Waals surface area (Å²) < 4.78 is 3.15. The summed E-state index contributed by atoms with van der Waals surface area (Å²) in [5, 5.41) is 3.44.